The lowest BCUT2D eigenvalue weighted by Gasteiger charge is -2.29. The van der Waals surface area contributed by atoms with Crippen molar-refractivity contribution < 1.29 is 67.7 Å². The van der Waals surface area contributed by atoms with Crippen LogP contribution in [0.15, 0.2) is 30.3 Å². The first kappa shape index (κ1) is 81.0. The third-order valence-electron chi connectivity index (χ3n) is 14.9. The van der Waals surface area contributed by atoms with Gasteiger partial charge in [0.15, 0.2) is 0 Å². The Labute approximate surface area is 543 Å². The van der Waals surface area contributed by atoms with Gasteiger partial charge in [0.25, 0.3) is 0 Å². The van der Waals surface area contributed by atoms with Crippen LogP contribution in [-0.2, 0) is 64.0 Å². The molecule has 520 valence electrons. The van der Waals surface area contributed by atoms with Crippen molar-refractivity contribution in [2.45, 2.75) is 204 Å². The van der Waals surface area contributed by atoms with Crippen LogP contribution in [0, 0.1) is 11.8 Å². The van der Waals surface area contributed by atoms with Gasteiger partial charge in [-0.1, -0.05) is 70.9 Å². The maximum atomic E-state index is 14.7. The SMILES string of the molecule is CSCC[C@H](N)C(=O)NCC[C@@H]1NC(=O)[C@H](CCN)NC(=O)[C@H](CC(C)C)NC(=O)[C@@H](Cc2ccccc2)NC(=O)[C@H](CCN)NC(=O)[C@@H](NC(=O)[C@H](CCN)NC(=O)[C@@H](NC(=O)[C@H](CCN)NC(=O)CCCCC(C)C)[C@@H](C)O)CCNC(=O)[C@H]([C@@H](C)O)NC1=O. The van der Waals surface area contributed by atoms with Crippen molar-refractivity contribution in [2.75, 3.05) is 51.3 Å². The van der Waals surface area contributed by atoms with Gasteiger partial charge < -0.3 is 103 Å². The van der Waals surface area contributed by atoms with Gasteiger partial charge in [-0.25, -0.2) is 0 Å². The van der Waals surface area contributed by atoms with Gasteiger partial charge in [0.1, 0.15) is 60.4 Å². The van der Waals surface area contributed by atoms with Gasteiger partial charge in [-0.15, -0.1) is 0 Å². The van der Waals surface area contributed by atoms with Gasteiger partial charge in [-0.3, -0.25) is 57.5 Å². The van der Waals surface area contributed by atoms with Gasteiger partial charge in [0.05, 0.1) is 18.2 Å². The summed E-state index contributed by atoms with van der Waals surface area (Å²) in [6.45, 7) is 8.64. The number of rotatable bonds is 33. The third kappa shape index (κ3) is 30.1. The van der Waals surface area contributed by atoms with E-state index in [1.165, 1.54) is 25.6 Å². The van der Waals surface area contributed by atoms with Gasteiger partial charge >= 0.3 is 0 Å². The Morgan fingerprint density at radius 1 is 0.576 bits per heavy atom. The summed E-state index contributed by atoms with van der Waals surface area (Å²) in [5.74, 6) is -9.90. The summed E-state index contributed by atoms with van der Waals surface area (Å²) >= 11 is 1.47. The van der Waals surface area contributed by atoms with E-state index in [2.05, 4.69) is 77.6 Å². The zero-order valence-corrected chi connectivity index (χ0v) is 55.1. The fraction of sp³-hybridized carbons (Fsp3) is 0.700. The summed E-state index contributed by atoms with van der Waals surface area (Å²) in [5, 5.41) is 52.6. The van der Waals surface area contributed by atoms with Gasteiger partial charge in [-0.2, -0.15) is 11.8 Å². The predicted octanol–water partition coefficient (Wildman–Crippen LogP) is -5.40. The minimum atomic E-state index is -1.77. The molecule has 0 unspecified atom stereocenters. The normalized spacial score (nSPS) is 22.0. The maximum Gasteiger partial charge on any atom is 0.245 e. The Morgan fingerprint density at radius 3 is 1.65 bits per heavy atom. The molecule has 1 aliphatic rings. The number of amides is 12. The molecule has 0 bridgehead atoms. The number of aliphatic hydroxyl groups excluding tert-OH is 2. The molecular formula is C60H105N17O14S. The van der Waals surface area contributed by atoms with Gasteiger partial charge in [0.2, 0.25) is 70.9 Å². The van der Waals surface area contributed by atoms with E-state index >= 15 is 0 Å². The Hall–Kier alpha value is -7.07. The van der Waals surface area contributed by atoms with E-state index in [4.69, 9.17) is 28.7 Å². The lowest BCUT2D eigenvalue weighted by molar-refractivity contribution is -0.137. The van der Waals surface area contributed by atoms with Crippen molar-refractivity contribution in [2.24, 2.45) is 40.5 Å². The summed E-state index contributed by atoms with van der Waals surface area (Å²) in [7, 11) is 0. The van der Waals surface area contributed by atoms with Crippen molar-refractivity contribution >= 4 is 82.6 Å². The highest BCUT2D eigenvalue weighted by Crippen LogP contribution is 2.13. The lowest BCUT2D eigenvalue weighted by Crippen LogP contribution is -2.62. The van der Waals surface area contributed by atoms with Crippen LogP contribution in [0.2, 0.25) is 0 Å². The van der Waals surface area contributed by atoms with E-state index in [0.717, 1.165) is 12.8 Å². The molecule has 24 N–H and O–H groups in total. The monoisotopic (exact) mass is 1320 g/mol. The minimum Gasteiger partial charge on any atom is -0.391 e. The second-order valence-corrected chi connectivity index (χ2v) is 24.8. The third-order valence-corrected chi connectivity index (χ3v) is 15.5. The number of nitrogens with one attached hydrogen (secondary N) is 12. The average Bonchev–Trinajstić information content (AvgIpc) is 1.15. The Balaban J connectivity index is 2.76. The highest BCUT2D eigenvalue weighted by atomic mass is 32.2. The van der Waals surface area contributed by atoms with Crippen molar-refractivity contribution in [1.29, 1.82) is 0 Å². The highest BCUT2D eigenvalue weighted by molar-refractivity contribution is 7.98. The van der Waals surface area contributed by atoms with Crippen LogP contribution in [0.3, 0.4) is 0 Å². The van der Waals surface area contributed by atoms with E-state index in [9.17, 15) is 67.7 Å². The van der Waals surface area contributed by atoms with Crippen LogP contribution in [0.1, 0.15) is 124 Å². The molecule has 31 nitrogen and oxygen atoms in total. The molecule has 0 saturated carbocycles. The molecule has 0 aromatic heterocycles. The molecule has 1 saturated heterocycles. The predicted molar refractivity (Wildman–Crippen MR) is 346 cm³/mol. The van der Waals surface area contributed by atoms with E-state index < -0.39 is 163 Å². The number of hydrogen-bond acceptors (Lipinski definition) is 20. The molecule has 2 rings (SSSR count). The lowest BCUT2D eigenvalue weighted by atomic mass is 10.00. The van der Waals surface area contributed by atoms with Crippen molar-refractivity contribution in [3.63, 3.8) is 0 Å². The Bertz CT molecular complexity index is 2540. The number of carbonyl (C=O) groups is 12. The smallest absolute Gasteiger partial charge is 0.245 e. The zero-order chi connectivity index (χ0) is 69.0. The number of nitrogens with two attached hydrogens (primary N) is 5. The van der Waals surface area contributed by atoms with Crippen LogP contribution < -0.4 is 92.5 Å². The van der Waals surface area contributed by atoms with Crippen molar-refractivity contribution in [3.8, 4) is 0 Å². The molecule has 92 heavy (non-hydrogen) atoms. The molecule has 12 amide bonds. The number of benzene rings is 1. The number of unbranched alkanes of at least 4 members (excludes halogenated alkanes) is 1. The second kappa shape index (κ2) is 43.7. The Kier molecular flexibility index (Phi) is 38.5. The first-order valence-electron chi connectivity index (χ1n) is 31.6. The first-order chi connectivity index (χ1) is 43.6. The molecule has 1 fully saturated rings. The van der Waals surface area contributed by atoms with Crippen LogP contribution in [0.4, 0.5) is 0 Å². The summed E-state index contributed by atoms with van der Waals surface area (Å²) in [6.07, 6.45) is -0.396. The number of aliphatic hydroxyl groups is 2. The number of carbonyl (C=O) groups excluding carboxylic acids is 12. The van der Waals surface area contributed by atoms with Crippen molar-refractivity contribution in [1.82, 2.24) is 63.8 Å². The molecule has 0 aliphatic carbocycles. The molecule has 0 spiro atoms. The van der Waals surface area contributed by atoms with Crippen LogP contribution in [0.5, 0.6) is 0 Å². The largest absolute Gasteiger partial charge is 0.391 e. The second-order valence-electron chi connectivity index (χ2n) is 23.8. The van der Waals surface area contributed by atoms with E-state index in [1.807, 2.05) is 6.26 Å². The summed E-state index contributed by atoms with van der Waals surface area (Å²) in [4.78, 5) is 169. The average molecular weight is 1320 g/mol. The molecule has 32 heteroatoms. The van der Waals surface area contributed by atoms with Crippen LogP contribution in [-0.4, -0.2) is 211 Å². The molecule has 1 heterocycles. The molecule has 13 atom stereocenters. The fourth-order valence-corrected chi connectivity index (χ4v) is 10.1. The van der Waals surface area contributed by atoms with E-state index in [0.29, 0.717) is 30.1 Å². The molecule has 0 radical (unpaired) electrons. The summed E-state index contributed by atoms with van der Waals surface area (Å²) < 4.78 is 0. The standard InChI is InChI=1S/C60H105N17O14S/c1-33(2)13-11-12-16-47(80)68-39(17-24-61)55(86)77-49(36(6)79)60(91)73-42(20-27-64)52(83)71-43-22-29-67-59(90)48(35(5)78)76-56(87)44(21-28-66-50(81)38(65)23-30-92-7)72-51(82)40(18-25-62)70-57(88)45(31-34(3)4)74-58(89)46(32-37-14-9-8-10-15-37)75-53(84)41(19-26-63)69-54(43)85/h8-10,14-15,33-36,38-46,48-49,78-79H,11-13,16-32,61-65H2,1-7H3,(H,66,81)(H,67,90)(H,68,80)(H,69,85)(H,70,88)(H,71,83)(H,72,82)(H,73,91)(H,74,89)(H,75,84)(H,76,87)(H,77,86)/t35-,36-,38+,39+,40+,41+,42+,43+,44+,45+,46-,48+,49+/m1/s1. The van der Waals surface area contributed by atoms with E-state index in [1.54, 1.807) is 44.2 Å². The van der Waals surface area contributed by atoms with E-state index in [-0.39, 0.29) is 90.0 Å². The number of thioether (sulfide) groups is 1. The van der Waals surface area contributed by atoms with Crippen LogP contribution in [0.25, 0.3) is 0 Å². The quantitative estimate of drug-likeness (QED) is 0.0292. The fourth-order valence-electron chi connectivity index (χ4n) is 9.66. The zero-order valence-electron chi connectivity index (χ0n) is 54.3. The van der Waals surface area contributed by atoms with Gasteiger partial charge in [0, 0.05) is 25.9 Å². The molecule has 1 aromatic carbocycles. The summed E-state index contributed by atoms with van der Waals surface area (Å²) in [6, 6.07) is -7.71. The molecule has 1 aliphatic heterocycles. The number of hydrogen-bond donors (Lipinski definition) is 19. The summed E-state index contributed by atoms with van der Waals surface area (Å²) in [5.41, 5.74) is 30.3. The highest BCUT2D eigenvalue weighted by Gasteiger charge is 2.38. The topological polar surface area (TPSA) is 520 Å². The first-order valence-corrected chi connectivity index (χ1v) is 33.0. The molecule has 1 aromatic rings. The minimum absolute atomic E-state index is 0.00905. The van der Waals surface area contributed by atoms with Crippen molar-refractivity contribution in [3.05, 3.63) is 35.9 Å². The maximum absolute atomic E-state index is 14.7. The van der Waals surface area contributed by atoms with Crippen LogP contribution >= 0.6 is 11.8 Å². The molecular weight excluding hydrogens is 1210 g/mol. The van der Waals surface area contributed by atoms with Gasteiger partial charge in [-0.05, 0) is 127 Å². The Morgan fingerprint density at radius 2 is 1.11 bits per heavy atom.